The average molecular weight is 279 g/mol. The summed E-state index contributed by atoms with van der Waals surface area (Å²) in [7, 11) is 1.37. The minimum atomic E-state index is -0.499. The highest BCUT2D eigenvalue weighted by Gasteiger charge is 2.31. The Morgan fingerprint density at radius 1 is 1.60 bits per heavy atom. The Labute approximate surface area is 116 Å². The Hall–Kier alpha value is -2.15. The zero-order valence-electron chi connectivity index (χ0n) is 11.2. The molecule has 2 N–H and O–H groups in total. The smallest absolute Gasteiger partial charge is 0.323 e. The summed E-state index contributed by atoms with van der Waals surface area (Å²) < 4.78 is 4.77. The molecule has 0 aliphatic carbocycles. The number of carbonyl (C=O) groups excluding carboxylic acids is 1. The van der Waals surface area contributed by atoms with Crippen LogP contribution in [0.15, 0.2) is 18.2 Å². The zero-order chi connectivity index (χ0) is 14.7. The minimum absolute atomic E-state index is 0.101. The molecular weight excluding hydrogens is 262 g/mol. The third-order valence-corrected chi connectivity index (χ3v) is 3.51. The van der Waals surface area contributed by atoms with Gasteiger partial charge in [0.2, 0.25) is 0 Å². The molecule has 0 spiro atoms. The van der Waals surface area contributed by atoms with Gasteiger partial charge in [0.15, 0.2) is 0 Å². The number of nitrogens with zero attached hydrogens (tertiary/aromatic N) is 2. The van der Waals surface area contributed by atoms with Crippen LogP contribution in [0.4, 0.5) is 11.4 Å². The molecule has 1 fully saturated rings. The molecule has 108 valence electrons. The van der Waals surface area contributed by atoms with Crippen LogP contribution in [0.25, 0.3) is 0 Å². The maximum atomic E-state index is 11.7. The van der Waals surface area contributed by atoms with Gasteiger partial charge in [0.1, 0.15) is 11.7 Å². The Bertz CT molecular complexity index is 532. The number of nitrogens with two attached hydrogens (primary N) is 1. The summed E-state index contributed by atoms with van der Waals surface area (Å²) in [4.78, 5) is 24.0. The fourth-order valence-corrected chi connectivity index (χ4v) is 2.50. The van der Waals surface area contributed by atoms with E-state index in [4.69, 9.17) is 10.5 Å². The van der Waals surface area contributed by atoms with Crippen molar-refractivity contribution in [2.24, 2.45) is 0 Å². The van der Waals surface area contributed by atoms with Crippen LogP contribution in [-0.2, 0) is 16.1 Å². The number of nitro groups is 1. The fraction of sp³-hybridized carbons (Fsp3) is 0.462. The molecule has 1 aliphatic rings. The number of hydrogen-bond acceptors (Lipinski definition) is 6. The number of hydrogen-bond donors (Lipinski definition) is 1. The lowest BCUT2D eigenvalue weighted by Gasteiger charge is -2.22. The van der Waals surface area contributed by atoms with Gasteiger partial charge in [-0.2, -0.15) is 0 Å². The van der Waals surface area contributed by atoms with Crippen LogP contribution < -0.4 is 5.73 Å². The van der Waals surface area contributed by atoms with Gasteiger partial charge in [-0.15, -0.1) is 0 Å². The SMILES string of the molecule is COC(=O)C1CCCN1Cc1ccc(N)c([N+](=O)[O-])c1. The van der Waals surface area contributed by atoms with Crippen molar-refractivity contribution < 1.29 is 14.5 Å². The van der Waals surface area contributed by atoms with E-state index in [2.05, 4.69) is 0 Å². The maximum absolute atomic E-state index is 11.7. The summed E-state index contributed by atoms with van der Waals surface area (Å²) in [5.41, 5.74) is 6.37. The molecule has 20 heavy (non-hydrogen) atoms. The van der Waals surface area contributed by atoms with Crippen LogP contribution in [0.5, 0.6) is 0 Å². The lowest BCUT2D eigenvalue weighted by Crippen LogP contribution is -2.36. The quantitative estimate of drug-likeness (QED) is 0.386. The molecule has 0 aromatic heterocycles. The second-order valence-electron chi connectivity index (χ2n) is 4.80. The first-order valence-electron chi connectivity index (χ1n) is 6.37. The van der Waals surface area contributed by atoms with Crippen LogP contribution in [0.3, 0.4) is 0 Å². The third-order valence-electron chi connectivity index (χ3n) is 3.51. The Balaban J connectivity index is 2.15. The first-order chi connectivity index (χ1) is 9.52. The van der Waals surface area contributed by atoms with Crippen molar-refractivity contribution in [3.8, 4) is 0 Å². The highest BCUT2D eigenvalue weighted by Crippen LogP contribution is 2.26. The molecule has 7 nitrogen and oxygen atoms in total. The normalized spacial score (nSPS) is 18.9. The lowest BCUT2D eigenvalue weighted by atomic mass is 10.1. The summed E-state index contributed by atoms with van der Waals surface area (Å²) in [6.45, 7) is 1.25. The summed E-state index contributed by atoms with van der Waals surface area (Å²) >= 11 is 0. The maximum Gasteiger partial charge on any atom is 0.323 e. The van der Waals surface area contributed by atoms with Crippen molar-refractivity contribution in [3.63, 3.8) is 0 Å². The second kappa shape index (κ2) is 5.87. The van der Waals surface area contributed by atoms with Gasteiger partial charge in [-0.3, -0.25) is 19.8 Å². The first kappa shape index (κ1) is 14.3. The predicted molar refractivity (Wildman–Crippen MR) is 73.0 cm³/mol. The van der Waals surface area contributed by atoms with E-state index in [-0.39, 0.29) is 23.4 Å². The molecule has 0 bridgehead atoms. The molecule has 1 atom stereocenters. The highest BCUT2D eigenvalue weighted by molar-refractivity contribution is 5.76. The van der Waals surface area contributed by atoms with Crippen LogP contribution in [-0.4, -0.2) is 35.5 Å². The van der Waals surface area contributed by atoms with E-state index in [9.17, 15) is 14.9 Å². The number of methoxy groups -OCH3 is 1. The second-order valence-corrected chi connectivity index (χ2v) is 4.80. The third kappa shape index (κ3) is 2.88. The molecule has 1 aromatic rings. The van der Waals surface area contributed by atoms with E-state index in [0.717, 1.165) is 24.9 Å². The Kier molecular flexibility index (Phi) is 4.19. The van der Waals surface area contributed by atoms with E-state index in [1.165, 1.54) is 19.2 Å². The van der Waals surface area contributed by atoms with Gasteiger partial charge in [0, 0.05) is 12.6 Å². The predicted octanol–water partition coefficient (Wildman–Crippen LogP) is 1.31. The largest absolute Gasteiger partial charge is 0.468 e. The summed E-state index contributed by atoms with van der Waals surface area (Å²) in [5.74, 6) is -0.257. The molecule has 0 radical (unpaired) electrons. The standard InChI is InChI=1S/C13H17N3O4/c1-20-13(17)11-3-2-6-15(11)8-9-4-5-10(14)12(7-9)16(18)19/h4-5,7,11H,2-3,6,8,14H2,1H3. The van der Waals surface area contributed by atoms with Gasteiger partial charge in [-0.25, -0.2) is 0 Å². The summed E-state index contributed by atoms with van der Waals surface area (Å²) in [5, 5.41) is 10.9. The molecule has 1 saturated heterocycles. The van der Waals surface area contributed by atoms with E-state index in [1.807, 2.05) is 4.90 Å². The number of benzene rings is 1. The monoisotopic (exact) mass is 279 g/mol. The van der Waals surface area contributed by atoms with Crippen molar-refractivity contribution in [2.45, 2.75) is 25.4 Å². The number of carbonyl (C=O) groups is 1. The number of nitro benzene ring substituents is 1. The molecule has 0 saturated carbocycles. The highest BCUT2D eigenvalue weighted by atomic mass is 16.6. The Morgan fingerprint density at radius 2 is 2.35 bits per heavy atom. The van der Waals surface area contributed by atoms with Gasteiger partial charge >= 0.3 is 5.97 Å². The number of anilines is 1. The minimum Gasteiger partial charge on any atom is -0.468 e. The van der Waals surface area contributed by atoms with Gasteiger partial charge in [0.05, 0.1) is 12.0 Å². The molecule has 7 heteroatoms. The lowest BCUT2D eigenvalue weighted by molar-refractivity contribution is -0.384. The molecule has 2 rings (SSSR count). The number of ether oxygens (including phenoxy) is 1. The van der Waals surface area contributed by atoms with Crippen molar-refractivity contribution in [3.05, 3.63) is 33.9 Å². The van der Waals surface area contributed by atoms with E-state index < -0.39 is 4.92 Å². The Morgan fingerprint density at radius 3 is 3.00 bits per heavy atom. The van der Waals surface area contributed by atoms with Crippen LogP contribution >= 0.6 is 0 Å². The fourth-order valence-electron chi connectivity index (χ4n) is 2.50. The molecule has 1 aromatic carbocycles. The number of likely N-dealkylation sites (tertiary alicyclic amines) is 1. The van der Waals surface area contributed by atoms with Gasteiger partial charge in [-0.05, 0) is 31.0 Å². The van der Waals surface area contributed by atoms with E-state index in [1.54, 1.807) is 6.07 Å². The first-order valence-corrected chi connectivity index (χ1v) is 6.37. The summed E-state index contributed by atoms with van der Waals surface area (Å²) in [6, 6.07) is 4.46. The number of esters is 1. The van der Waals surface area contributed by atoms with Crippen LogP contribution in [0.1, 0.15) is 18.4 Å². The van der Waals surface area contributed by atoms with E-state index >= 15 is 0 Å². The van der Waals surface area contributed by atoms with Crippen molar-refractivity contribution >= 4 is 17.3 Å². The molecule has 0 amide bonds. The molecule has 1 aliphatic heterocycles. The molecule has 1 unspecified atom stereocenters. The average Bonchev–Trinajstić information content (AvgIpc) is 2.88. The number of rotatable bonds is 4. The van der Waals surface area contributed by atoms with Gasteiger partial charge in [-0.1, -0.05) is 6.07 Å². The zero-order valence-corrected chi connectivity index (χ0v) is 11.2. The van der Waals surface area contributed by atoms with Crippen LogP contribution in [0, 0.1) is 10.1 Å². The molecular formula is C13H17N3O4. The van der Waals surface area contributed by atoms with Crippen LogP contribution in [0.2, 0.25) is 0 Å². The van der Waals surface area contributed by atoms with Gasteiger partial charge < -0.3 is 10.5 Å². The summed E-state index contributed by atoms with van der Waals surface area (Å²) in [6.07, 6.45) is 1.67. The van der Waals surface area contributed by atoms with Crippen molar-refractivity contribution in [1.82, 2.24) is 4.90 Å². The van der Waals surface area contributed by atoms with E-state index in [0.29, 0.717) is 6.54 Å². The van der Waals surface area contributed by atoms with Gasteiger partial charge in [0.25, 0.3) is 5.69 Å². The van der Waals surface area contributed by atoms with Crippen molar-refractivity contribution in [2.75, 3.05) is 19.4 Å². The van der Waals surface area contributed by atoms with Crippen molar-refractivity contribution in [1.29, 1.82) is 0 Å². The number of nitrogen functional groups attached to an aromatic ring is 1. The topological polar surface area (TPSA) is 98.7 Å². The molecule has 1 heterocycles.